The Morgan fingerprint density at radius 3 is 3.04 bits per heavy atom. The van der Waals surface area contributed by atoms with Crippen molar-refractivity contribution < 1.29 is 18.7 Å². The lowest BCUT2D eigenvalue weighted by Gasteiger charge is -2.29. The van der Waals surface area contributed by atoms with E-state index in [1.54, 1.807) is 11.6 Å². The molecule has 5 nitrogen and oxygen atoms in total. The van der Waals surface area contributed by atoms with Gasteiger partial charge in [-0.3, -0.25) is 9.69 Å². The highest BCUT2D eigenvalue weighted by atomic mass is 35.5. The topological polar surface area (TPSA) is 51.7 Å². The van der Waals surface area contributed by atoms with E-state index in [1.165, 1.54) is 34.4 Å². The summed E-state index contributed by atoms with van der Waals surface area (Å²) >= 11 is 7.25. The summed E-state index contributed by atoms with van der Waals surface area (Å²) in [6.45, 7) is 1.76. The lowest BCUT2D eigenvalue weighted by Crippen LogP contribution is -2.41. The number of ether oxygens (including phenoxy) is 2. The molecule has 0 N–H and O–H groups in total. The molecule has 2 saturated heterocycles. The van der Waals surface area contributed by atoms with Gasteiger partial charge in [0, 0.05) is 30.0 Å². The summed E-state index contributed by atoms with van der Waals surface area (Å²) in [4.78, 5) is 19.0. The minimum absolute atomic E-state index is 0.0388. The monoisotopic (exact) mass is 382 g/mol. The molecule has 2 aliphatic rings. The number of rotatable bonds is 3. The molecule has 132 valence electrons. The molecule has 0 saturated carbocycles. The van der Waals surface area contributed by atoms with Crippen molar-refractivity contribution in [1.29, 1.82) is 0 Å². The van der Waals surface area contributed by atoms with E-state index in [0.29, 0.717) is 30.6 Å². The van der Waals surface area contributed by atoms with Gasteiger partial charge in [-0.05, 0) is 24.6 Å². The summed E-state index contributed by atoms with van der Waals surface area (Å²) < 4.78 is 24.8. The van der Waals surface area contributed by atoms with Crippen LogP contribution in [0.25, 0.3) is 0 Å². The molecule has 8 heteroatoms. The second kappa shape index (κ2) is 6.99. The lowest BCUT2D eigenvalue weighted by molar-refractivity contribution is -0.128. The predicted octanol–water partition coefficient (Wildman–Crippen LogP) is 3.65. The van der Waals surface area contributed by atoms with Gasteiger partial charge in [0.2, 0.25) is 0 Å². The molecular formula is C17H16ClFN2O3S. The minimum atomic E-state index is -0.554. The number of aromatic nitrogens is 1. The number of amides is 1. The predicted molar refractivity (Wildman–Crippen MR) is 92.8 cm³/mol. The standard InChI is InChI=1S/C17H16ClFN2O3S/c18-13-7-11(1-2-14(13)19)21(17-20-4-6-25-17)16(22)15-12-3-5-23-8-10(12)9-24-15/h1-2,4,6-7,10,12,15H,3,5,8-9H2. The minimum Gasteiger partial charge on any atom is -0.381 e. The van der Waals surface area contributed by atoms with Crippen molar-refractivity contribution in [3.05, 3.63) is 40.6 Å². The zero-order valence-corrected chi connectivity index (χ0v) is 14.8. The number of fused-ring (bicyclic) bond motifs is 1. The summed E-state index contributed by atoms with van der Waals surface area (Å²) in [5, 5.41) is 2.25. The Balaban J connectivity index is 1.68. The van der Waals surface area contributed by atoms with Crippen molar-refractivity contribution in [2.75, 3.05) is 24.7 Å². The molecular weight excluding hydrogens is 367 g/mol. The van der Waals surface area contributed by atoms with E-state index in [0.717, 1.165) is 6.42 Å². The molecule has 0 aliphatic carbocycles. The first-order valence-corrected chi connectivity index (χ1v) is 9.29. The molecule has 2 aromatic rings. The van der Waals surface area contributed by atoms with Crippen LogP contribution in [-0.2, 0) is 14.3 Å². The van der Waals surface area contributed by atoms with Gasteiger partial charge < -0.3 is 9.47 Å². The third-order valence-electron chi connectivity index (χ3n) is 4.65. The van der Waals surface area contributed by atoms with Crippen molar-refractivity contribution in [1.82, 2.24) is 4.98 Å². The fourth-order valence-electron chi connectivity index (χ4n) is 3.40. The van der Waals surface area contributed by atoms with Crippen molar-refractivity contribution in [2.24, 2.45) is 11.8 Å². The third kappa shape index (κ3) is 3.17. The molecule has 0 spiro atoms. The maximum atomic E-state index is 13.5. The van der Waals surface area contributed by atoms with Crippen LogP contribution < -0.4 is 4.90 Å². The van der Waals surface area contributed by atoms with Gasteiger partial charge in [0.15, 0.2) is 5.13 Å². The second-order valence-corrected chi connectivity index (χ2v) is 7.41. The fraction of sp³-hybridized carbons (Fsp3) is 0.412. The van der Waals surface area contributed by atoms with Crippen molar-refractivity contribution in [3.63, 3.8) is 0 Å². The molecule has 1 aromatic carbocycles. The quantitative estimate of drug-likeness (QED) is 0.813. The highest BCUT2D eigenvalue weighted by Gasteiger charge is 2.45. The molecule has 3 heterocycles. The summed E-state index contributed by atoms with van der Waals surface area (Å²) in [6.07, 6.45) is 1.86. The first-order valence-electron chi connectivity index (χ1n) is 8.03. The highest BCUT2D eigenvalue weighted by molar-refractivity contribution is 7.13. The smallest absolute Gasteiger partial charge is 0.262 e. The van der Waals surface area contributed by atoms with E-state index in [2.05, 4.69) is 4.98 Å². The summed E-state index contributed by atoms with van der Waals surface area (Å²) in [7, 11) is 0. The number of benzene rings is 1. The second-order valence-electron chi connectivity index (χ2n) is 6.13. The van der Waals surface area contributed by atoms with Crippen LogP contribution in [0.3, 0.4) is 0 Å². The van der Waals surface area contributed by atoms with Gasteiger partial charge in [-0.2, -0.15) is 0 Å². The molecule has 4 rings (SSSR count). The summed E-state index contributed by atoms with van der Waals surface area (Å²) in [6, 6.07) is 4.21. The van der Waals surface area contributed by atoms with E-state index >= 15 is 0 Å². The van der Waals surface area contributed by atoms with Crippen LogP contribution in [0.1, 0.15) is 6.42 Å². The van der Waals surface area contributed by atoms with Crippen LogP contribution in [-0.4, -0.2) is 36.8 Å². The SMILES string of the molecule is O=C(C1OCC2COCCC21)N(c1ccc(F)c(Cl)c1)c1nccs1. The number of hydrogen-bond donors (Lipinski definition) is 0. The largest absolute Gasteiger partial charge is 0.381 e. The van der Waals surface area contributed by atoms with Gasteiger partial charge >= 0.3 is 0 Å². The number of nitrogens with zero attached hydrogens (tertiary/aromatic N) is 2. The normalized spacial score (nSPS) is 25.6. The van der Waals surface area contributed by atoms with Crippen LogP contribution in [0.5, 0.6) is 0 Å². The molecule has 3 unspecified atom stereocenters. The Hall–Kier alpha value is -1.54. The lowest BCUT2D eigenvalue weighted by atomic mass is 9.86. The van der Waals surface area contributed by atoms with Gasteiger partial charge in [-0.1, -0.05) is 11.6 Å². The van der Waals surface area contributed by atoms with Crippen molar-refractivity contribution in [2.45, 2.75) is 12.5 Å². The average Bonchev–Trinajstić information content (AvgIpc) is 3.28. The number of carbonyl (C=O) groups is 1. The van der Waals surface area contributed by atoms with Gasteiger partial charge in [-0.15, -0.1) is 11.3 Å². The number of hydrogen-bond acceptors (Lipinski definition) is 5. The first kappa shape index (κ1) is 16.9. The molecule has 25 heavy (non-hydrogen) atoms. The van der Waals surface area contributed by atoms with Crippen LogP contribution in [0.4, 0.5) is 15.2 Å². The van der Waals surface area contributed by atoms with Gasteiger partial charge in [-0.25, -0.2) is 9.37 Å². The summed E-state index contributed by atoms with van der Waals surface area (Å²) in [5.41, 5.74) is 0.477. The molecule has 0 bridgehead atoms. The average molecular weight is 383 g/mol. The summed E-state index contributed by atoms with van der Waals surface area (Å²) in [5.74, 6) is -0.372. The van der Waals surface area contributed by atoms with E-state index in [1.807, 2.05) is 0 Å². The van der Waals surface area contributed by atoms with Gasteiger partial charge in [0.05, 0.1) is 23.9 Å². The number of anilines is 2. The van der Waals surface area contributed by atoms with Crippen LogP contribution >= 0.6 is 22.9 Å². The molecule has 2 fully saturated rings. The number of thiazole rings is 1. The van der Waals surface area contributed by atoms with Gasteiger partial charge in [0.1, 0.15) is 11.9 Å². The first-order chi connectivity index (χ1) is 12.1. The van der Waals surface area contributed by atoms with E-state index in [9.17, 15) is 9.18 Å². The maximum Gasteiger partial charge on any atom is 0.262 e. The van der Waals surface area contributed by atoms with E-state index in [4.69, 9.17) is 21.1 Å². The number of carbonyl (C=O) groups excluding carboxylic acids is 1. The Morgan fingerprint density at radius 1 is 1.40 bits per heavy atom. The molecule has 1 aromatic heterocycles. The van der Waals surface area contributed by atoms with E-state index in [-0.39, 0.29) is 22.8 Å². The van der Waals surface area contributed by atoms with Crippen LogP contribution in [0.15, 0.2) is 29.8 Å². The van der Waals surface area contributed by atoms with Crippen LogP contribution in [0, 0.1) is 17.7 Å². The Bertz CT molecular complexity index is 773. The highest BCUT2D eigenvalue weighted by Crippen LogP contribution is 2.38. The molecule has 0 radical (unpaired) electrons. The zero-order chi connectivity index (χ0) is 17.4. The van der Waals surface area contributed by atoms with E-state index < -0.39 is 11.9 Å². The number of halogens is 2. The van der Waals surface area contributed by atoms with Crippen molar-refractivity contribution >= 4 is 39.7 Å². The molecule has 2 aliphatic heterocycles. The fourth-order valence-corrected chi connectivity index (χ4v) is 4.24. The Kier molecular flexibility index (Phi) is 4.73. The third-order valence-corrected chi connectivity index (χ3v) is 5.69. The van der Waals surface area contributed by atoms with Gasteiger partial charge in [0.25, 0.3) is 5.91 Å². The maximum absolute atomic E-state index is 13.5. The molecule has 3 atom stereocenters. The zero-order valence-electron chi connectivity index (χ0n) is 13.2. The molecule has 1 amide bonds. The van der Waals surface area contributed by atoms with Crippen molar-refractivity contribution in [3.8, 4) is 0 Å². The Morgan fingerprint density at radius 2 is 2.28 bits per heavy atom. The Labute approximate surface area is 153 Å². The van der Waals surface area contributed by atoms with Crippen LogP contribution in [0.2, 0.25) is 5.02 Å².